The van der Waals surface area contributed by atoms with Crippen LogP contribution in [-0.2, 0) is 6.42 Å². The first-order valence-corrected chi connectivity index (χ1v) is 6.31. The first-order chi connectivity index (χ1) is 8.74. The average Bonchev–Trinajstić information content (AvgIpc) is 2.38. The van der Waals surface area contributed by atoms with E-state index < -0.39 is 0 Å². The number of aliphatic imine (C=N–C) groups is 1. The SMILES string of the molecule is Nc1ccc(C2=NCCc3cc(Cl)ccc32)cc1. The van der Waals surface area contributed by atoms with Gasteiger partial charge in [-0.15, -0.1) is 0 Å². The van der Waals surface area contributed by atoms with Crippen molar-refractivity contribution < 1.29 is 0 Å². The number of nitrogens with two attached hydrogens (primary N) is 1. The number of hydrogen-bond donors (Lipinski definition) is 1. The number of fused-ring (bicyclic) bond motifs is 1. The summed E-state index contributed by atoms with van der Waals surface area (Å²) in [5.41, 5.74) is 11.1. The largest absolute Gasteiger partial charge is 0.399 e. The van der Waals surface area contributed by atoms with E-state index in [1.54, 1.807) is 0 Å². The molecule has 2 aromatic carbocycles. The van der Waals surface area contributed by atoms with E-state index in [0.717, 1.165) is 35.0 Å². The van der Waals surface area contributed by atoms with E-state index in [2.05, 4.69) is 4.99 Å². The standard InChI is InChI=1S/C15H13ClN2/c16-12-3-6-14-11(9-12)7-8-18-15(14)10-1-4-13(17)5-2-10/h1-6,9H,7-8,17H2. The highest BCUT2D eigenvalue weighted by Crippen LogP contribution is 2.24. The van der Waals surface area contributed by atoms with Crippen LogP contribution < -0.4 is 5.73 Å². The number of nitrogen functional groups attached to an aromatic ring is 1. The van der Waals surface area contributed by atoms with Gasteiger partial charge in [0, 0.05) is 28.4 Å². The molecular weight excluding hydrogens is 244 g/mol. The molecule has 0 saturated heterocycles. The van der Waals surface area contributed by atoms with Gasteiger partial charge in [-0.05, 0) is 36.2 Å². The van der Waals surface area contributed by atoms with Crippen LogP contribution in [0.15, 0.2) is 47.5 Å². The molecule has 1 heterocycles. The van der Waals surface area contributed by atoms with Crippen LogP contribution in [0.1, 0.15) is 16.7 Å². The van der Waals surface area contributed by atoms with Crippen molar-refractivity contribution in [2.24, 2.45) is 4.99 Å². The fourth-order valence-electron chi connectivity index (χ4n) is 2.26. The number of benzene rings is 2. The quantitative estimate of drug-likeness (QED) is 0.781. The lowest BCUT2D eigenvalue weighted by molar-refractivity contribution is 0.944. The molecule has 0 aromatic heterocycles. The Hall–Kier alpha value is -1.80. The van der Waals surface area contributed by atoms with Crippen LogP contribution in [0, 0.1) is 0 Å². The van der Waals surface area contributed by atoms with Gasteiger partial charge < -0.3 is 5.73 Å². The van der Waals surface area contributed by atoms with E-state index >= 15 is 0 Å². The highest BCUT2D eigenvalue weighted by atomic mass is 35.5. The lowest BCUT2D eigenvalue weighted by atomic mass is 9.93. The smallest absolute Gasteiger partial charge is 0.0721 e. The molecule has 0 unspecified atom stereocenters. The third-order valence-electron chi connectivity index (χ3n) is 3.16. The lowest BCUT2D eigenvalue weighted by Crippen LogP contribution is -2.14. The molecule has 1 aliphatic heterocycles. The zero-order valence-electron chi connectivity index (χ0n) is 9.86. The first-order valence-electron chi connectivity index (χ1n) is 5.93. The van der Waals surface area contributed by atoms with Gasteiger partial charge in [-0.1, -0.05) is 29.8 Å². The van der Waals surface area contributed by atoms with Crippen LogP contribution in [-0.4, -0.2) is 12.3 Å². The number of halogens is 1. The second kappa shape index (κ2) is 4.46. The predicted molar refractivity (Wildman–Crippen MR) is 76.5 cm³/mol. The fourth-order valence-corrected chi connectivity index (χ4v) is 2.46. The molecular formula is C15H13ClN2. The second-order valence-corrected chi connectivity index (χ2v) is 4.84. The second-order valence-electron chi connectivity index (χ2n) is 4.40. The minimum Gasteiger partial charge on any atom is -0.399 e. The normalized spacial score (nSPS) is 13.9. The van der Waals surface area contributed by atoms with Gasteiger partial charge in [0.05, 0.1) is 5.71 Å². The number of rotatable bonds is 1. The molecule has 0 atom stereocenters. The number of anilines is 1. The van der Waals surface area contributed by atoms with E-state index in [9.17, 15) is 0 Å². The van der Waals surface area contributed by atoms with E-state index in [1.807, 2.05) is 42.5 Å². The number of nitrogens with zero attached hydrogens (tertiary/aromatic N) is 1. The molecule has 0 bridgehead atoms. The van der Waals surface area contributed by atoms with Crippen LogP contribution >= 0.6 is 11.6 Å². The van der Waals surface area contributed by atoms with E-state index in [-0.39, 0.29) is 0 Å². The topological polar surface area (TPSA) is 38.4 Å². The van der Waals surface area contributed by atoms with Gasteiger partial charge in [0.15, 0.2) is 0 Å². The van der Waals surface area contributed by atoms with Crippen molar-refractivity contribution in [1.29, 1.82) is 0 Å². The Morgan fingerprint density at radius 1 is 1.06 bits per heavy atom. The molecule has 0 amide bonds. The molecule has 90 valence electrons. The van der Waals surface area contributed by atoms with E-state index in [1.165, 1.54) is 11.1 Å². The monoisotopic (exact) mass is 256 g/mol. The van der Waals surface area contributed by atoms with Crippen molar-refractivity contribution in [3.05, 3.63) is 64.2 Å². The minimum absolute atomic E-state index is 0.770. The van der Waals surface area contributed by atoms with Gasteiger partial charge in [0.1, 0.15) is 0 Å². The third kappa shape index (κ3) is 2.00. The maximum absolute atomic E-state index is 6.03. The van der Waals surface area contributed by atoms with Crippen LogP contribution in [0.25, 0.3) is 0 Å². The van der Waals surface area contributed by atoms with Crippen LogP contribution in [0.5, 0.6) is 0 Å². The molecule has 2 aromatic rings. The fraction of sp³-hybridized carbons (Fsp3) is 0.133. The molecule has 0 fully saturated rings. The Morgan fingerprint density at radius 3 is 2.61 bits per heavy atom. The summed E-state index contributed by atoms with van der Waals surface area (Å²) in [5.74, 6) is 0. The summed E-state index contributed by atoms with van der Waals surface area (Å²) in [6.45, 7) is 0.813. The Morgan fingerprint density at radius 2 is 1.83 bits per heavy atom. The van der Waals surface area contributed by atoms with Gasteiger partial charge in [-0.2, -0.15) is 0 Å². The molecule has 0 aliphatic carbocycles. The summed E-state index contributed by atoms with van der Waals surface area (Å²) in [7, 11) is 0. The molecule has 1 aliphatic rings. The van der Waals surface area contributed by atoms with Crippen LogP contribution in [0.2, 0.25) is 5.02 Å². The van der Waals surface area contributed by atoms with Crippen molar-refractivity contribution in [2.45, 2.75) is 6.42 Å². The average molecular weight is 257 g/mol. The minimum atomic E-state index is 0.770. The van der Waals surface area contributed by atoms with Crippen molar-refractivity contribution >= 4 is 23.0 Å². The molecule has 3 heteroatoms. The van der Waals surface area contributed by atoms with Gasteiger partial charge in [-0.25, -0.2) is 0 Å². The Labute approximate surface area is 111 Å². The van der Waals surface area contributed by atoms with Crippen molar-refractivity contribution in [3.63, 3.8) is 0 Å². The summed E-state index contributed by atoms with van der Waals surface area (Å²) in [6.07, 6.45) is 0.953. The maximum atomic E-state index is 6.03. The van der Waals surface area contributed by atoms with E-state index in [4.69, 9.17) is 17.3 Å². The highest BCUT2D eigenvalue weighted by molar-refractivity contribution is 6.31. The molecule has 0 radical (unpaired) electrons. The van der Waals surface area contributed by atoms with Crippen LogP contribution in [0.4, 0.5) is 5.69 Å². The zero-order valence-corrected chi connectivity index (χ0v) is 10.6. The first kappa shape index (κ1) is 11.3. The number of hydrogen-bond acceptors (Lipinski definition) is 2. The third-order valence-corrected chi connectivity index (χ3v) is 3.39. The maximum Gasteiger partial charge on any atom is 0.0721 e. The Kier molecular flexibility index (Phi) is 2.80. The molecule has 0 spiro atoms. The van der Waals surface area contributed by atoms with Crippen molar-refractivity contribution in [1.82, 2.24) is 0 Å². The summed E-state index contributed by atoms with van der Waals surface area (Å²) >= 11 is 6.03. The zero-order chi connectivity index (χ0) is 12.5. The molecule has 2 nitrogen and oxygen atoms in total. The Balaban J connectivity index is 2.09. The van der Waals surface area contributed by atoms with Gasteiger partial charge >= 0.3 is 0 Å². The Bertz CT molecular complexity index is 615. The molecule has 3 rings (SSSR count). The lowest BCUT2D eigenvalue weighted by Gasteiger charge is -2.17. The van der Waals surface area contributed by atoms with Gasteiger partial charge in [0.2, 0.25) is 0 Å². The summed E-state index contributed by atoms with van der Waals surface area (Å²) in [5, 5.41) is 0.785. The van der Waals surface area contributed by atoms with Gasteiger partial charge in [-0.3, -0.25) is 4.99 Å². The van der Waals surface area contributed by atoms with E-state index in [0.29, 0.717) is 0 Å². The van der Waals surface area contributed by atoms with Gasteiger partial charge in [0.25, 0.3) is 0 Å². The summed E-state index contributed by atoms with van der Waals surface area (Å²) in [4.78, 5) is 4.63. The summed E-state index contributed by atoms with van der Waals surface area (Å²) in [6, 6.07) is 13.8. The molecule has 0 saturated carbocycles. The molecule has 2 N–H and O–H groups in total. The van der Waals surface area contributed by atoms with Crippen LogP contribution in [0.3, 0.4) is 0 Å². The van der Waals surface area contributed by atoms with Crippen molar-refractivity contribution in [2.75, 3.05) is 12.3 Å². The molecule has 18 heavy (non-hydrogen) atoms. The highest BCUT2D eigenvalue weighted by Gasteiger charge is 2.15. The van der Waals surface area contributed by atoms with Crippen molar-refractivity contribution in [3.8, 4) is 0 Å². The predicted octanol–water partition coefficient (Wildman–Crippen LogP) is 3.32. The summed E-state index contributed by atoms with van der Waals surface area (Å²) < 4.78 is 0.